The molecule has 0 saturated heterocycles. The van der Waals surface area contributed by atoms with E-state index in [0.717, 1.165) is 37.6 Å². The lowest BCUT2D eigenvalue weighted by molar-refractivity contribution is 0.258. The van der Waals surface area contributed by atoms with Gasteiger partial charge in [0.2, 0.25) is 0 Å². The lowest BCUT2D eigenvalue weighted by Crippen LogP contribution is -2.02. The Bertz CT molecular complexity index is 689. The van der Waals surface area contributed by atoms with E-state index in [2.05, 4.69) is 50.3 Å². The molecule has 254 valence electrons. The second-order valence-electron chi connectivity index (χ2n) is 13.0. The average molecular weight is 611 g/mol. The zero-order valence-corrected chi connectivity index (χ0v) is 29.6. The van der Waals surface area contributed by atoms with Gasteiger partial charge in [-0.15, -0.1) is 0 Å². The third-order valence-electron chi connectivity index (χ3n) is 8.68. The highest BCUT2D eigenvalue weighted by molar-refractivity contribution is 5.39. The fourth-order valence-electron chi connectivity index (χ4n) is 5.75. The average Bonchev–Trinajstić information content (AvgIpc) is 3.04. The fraction of sp³-hybridized carbons (Fsp3) is 0.762. The molecule has 0 saturated carbocycles. The second-order valence-corrected chi connectivity index (χ2v) is 13.0. The Hall–Kier alpha value is -1.70. The third-order valence-corrected chi connectivity index (χ3v) is 8.68. The number of ether oxygens (including phenoxy) is 2. The zero-order valence-electron chi connectivity index (χ0n) is 29.6. The van der Waals surface area contributed by atoms with E-state index in [0.29, 0.717) is 0 Å². The Morgan fingerprint density at radius 3 is 0.955 bits per heavy atom. The second kappa shape index (κ2) is 34.2. The van der Waals surface area contributed by atoms with E-state index in [4.69, 9.17) is 9.47 Å². The molecule has 0 bridgehead atoms. The van der Waals surface area contributed by atoms with E-state index in [1.807, 2.05) is 12.1 Å². The van der Waals surface area contributed by atoms with Gasteiger partial charge in [-0.25, -0.2) is 0 Å². The highest BCUT2D eigenvalue weighted by Crippen LogP contribution is 2.27. The minimum absolute atomic E-state index is 0.787. The third kappa shape index (κ3) is 27.8. The van der Waals surface area contributed by atoms with E-state index in [1.54, 1.807) is 0 Å². The summed E-state index contributed by atoms with van der Waals surface area (Å²) in [5, 5.41) is 0. The van der Waals surface area contributed by atoms with Gasteiger partial charge in [-0.2, -0.15) is 0 Å². The van der Waals surface area contributed by atoms with Crippen molar-refractivity contribution in [1.29, 1.82) is 0 Å². The molecular formula is C42H74O2. The maximum atomic E-state index is 6.10. The summed E-state index contributed by atoms with van der Waals surface area (Å²) in [7, 11) is 0. The van der Waals surface area contributed by atoms with Crippen LogP contribution in [-0.4, -0.2) is 13.2 Å². The first-order valence-electron chi connectivity index (χ1n) is 19.5. The Kier molecular flexibility index (Phi) is 31.3. The van der Waals surface area contributed by atoms with Crippen molar-refractivity contribution in [2.75, 3.05) is 13.2 Å². The molecule has 0 fully saturated rings. The minimum atomic E-state index is 0.787. The Balaban J connectivity index is 1.91. The van der Waals surface area contributed by atoms with Gasteiger partial charge in [-0.3, -0.25) is 0 Å². The number of unbranched alkanes of at least 4 members (excludes halogenated alkanes) is 24. The standard InChI is InChI=1S/C42H74O2/c1-3-5-7-9-11-13-15-17-19-21-23-25-27-29-31-35-39-43-41-37-33-34-38-42(41)44-40-36-32-30-28-26-24-22-20-18-16-14-12-10-8-6-4-2/h17-20,33-34,37-38H,3-16,21-32,35-36,39-40H2,1-2H3/b19-17-,20-18-. The maximum absolute atomic E-state index is 6.10. The van der Waals surface area contributed by atoms with Crippen LogP contribution < -0.4 is 9.47 Å². The molecule has 0 unspecified atom stereocenters. The van der Waals surface area contributed by atoms with Crippen LogP contribution in [0, 0.1) is 0 Å². The minimum Gasteiger partial charge on any atom is -0.490 e. The van der Waals surface area contributed by atoms with E-state index < -0.39 is 0 Å². The molecule has 0 aliphatic heterocycles. The SMILES string of the molecule is CCCCCCCC/C=C\CCCCCCCCOc1ccccc1OCCCCCCCC/C=C\CCCCCCCC. The topological polar surface area (TPSA) is 18.5 Å². The van der Waals surface area contributed by atoms with Crippen molar-refractivity contribution in [3.8, 4) is 11.5 Å². The highest BCUT2D eigenvalue weighted by atomic mass is 16.5. The molecule has 0 spiro atoms. The first-order chi connectivity index (χ1) is 21.9. The van der Waals surface area contributed by atoms with E-state index in [9.17, 15) is 0 Å². The monoisotopic (exact) mass is 611 g/mol. The van der Waals surface area contributed by atoms with Crippen LogP contribution in [0.4, 0.5) is 0 Å². The summed E-state index contributed by atoms with van der Waals surface area (Å²) >= 11 is 0. The predicted molar refractivity (Wildman–Crippen MR) is 196 cm³/mol. The van der Waals surface area contributed by atoms with Gasteiger partial charge in [0.25, 0.3) is 0 Å². The molecule has 0 aromatic heterocycles. The molecule has 0 N–H and O–H groups in total. The van der Waals surface area contributed by atoms with Crippen molar-refractivity contribution in [3.05, 3.63) is 48.6 Å². The van der Waals surface area contributed by atoms with Crippen LogP contribution in [0.15, 0.2) is 48.6 Å². The Morgan fingerprint density at radius 2 is 0.636 bits per heavy atom. The van der Waals surface area contributed by atoms with E-state index in [-0.39, 0.29) is 0 Å². The molecule has 0 atom stereocenters. The predicted octanol–water partition coefficient (Wildman–Crippen LogP) is 14.5. The smallest absolute Gasteiger partial charge is 0.161 e. The molecule has 0 aliphatic rings. The molecule has 0 aliphatic carbocycles. The van der Waals surface area contributed by atoms with Crippen LogP contribution >= 0.6 is 0 Å². The van der Waals surface area contributed by atoms with Gasteiger partial charge < -0.3 is 9.47 Å². The molecule has 2 heteroatoms. The fourth-order valence-corrected chi connectivity index (χ4v) is 5.75. The van der Waals surface area contributed by atoms with E-state index >= 15 is 0 Å². The lowest BCUT2D eigenvalue weighted by Gasteiger charge is -2.12. The summed E-state index contributed by atoms with van der Waals surface area (Å²) < 4.78 is 12.2. The molecule has 0 heterocycles. The van der Waals surface area contributed by atoms with Crippen LogP contribution in [-0.2, 0) is 0 Å². The molecule has 0 amide bonds. The van der Waals surface area contributed by atoms with Crippen molar-refractivity contribution < 1.29 is 9.47 Å². The Labute approximate surface area is 275 Å². The van der Waals surface area contributed by atoms with Gasteiger partial charge in [0, 0.05) is 0 Å². The lowest BCUT2D eigenvalue weighted by atomic mass is 10.1. The first kappa shape index (κ1) is 40.3. The number of benzene rings is 1. The van der Waals surface area contributed by atoms with E-state index in [1.165, 1.54) is 167 Å². The van der Waals surface area contributed by atoms with Gasteiger partial charge in [-0.05, 0) is 76.3 Å². The molecule has 1 aromatic rings. The van der Waals surface area contributed by atoms with Crippen molar-refractivity contribution in [3.63, 3.8) is 0 Å². The molecule has 44 heavy (non-hydrogen) atoms. The van der Waals surface area contributed by atoms with Gasteiger partial charge in [0.15, 0.2) is 11.5 Å². The number of para-hydroxylation sites is 2. The van der Waals surface area contributed by atoms with Gasteiger partial charge >= 0.3 is 0 Å². The van der Waals surface area contributed by atoms with Crippen LogP contribution in [0.3, 0.4) is 0 Å². The molecular weight excluding hydrogens is 536 g/mol. The summed E-state index contributed by atoms with van der Waals surface area (Å²) in [6.07, 6.45) is 47.0. The molecule has 1 aromatic carbocycles. The van der Waals surface area contributed by atoms with Crippen LogP contribution in [0.1, 0.15) is 194 Å². The summed E-state index contributed by atoms with van der Waals surface area (Å²) in [5.74, 6) is 1.81. The maximum Gasteiger partial charge on any atom is 0.161 e. The molecule has 1 rings (SSSR count). The molecule has 0 radical (unpaired) electrons. The van der Waals surface area contributed by atoms with Crippen molar-refractivity contribution in [2.45, 2.75) is 194 Å². The van der Waals surface area contributed by atoms with Crippen LogP contribution in [0.2, 0.25) is 0 Å². The number of allylic oxidation sites excluding steroid dienone is 4. The number of hydrogen-bond acceptors (Lipinski definition) is 2. The number of hydrogen-bond donors (Lipinski definition) is 0. The van der Waals surface area contributed by atoms with Gasteiger partial charge in [0.1, 0.15) is 0 Å². The number of rotatable bonds is 34. The summed E-state index contributed by atoms with van der Waals surface area (Å²) in [6.45, 7) is 6.15. The van der Waals surface area contributed by atoms with Crippen LogP contribution in [0.25, 0.3) is 0 Å². The van der Waals surface area contributed by atoms with Crippen molar-refractivity contribution >= 4 is 0 Å². The molecule has 2 nitrogen and oxygen atoms in total. The normalized spacial score (nSPS) is 11.7. The Morgan fingerprint density at radius 1 is 0.364 bits per heavy atom. The quantitative estimate of drug-likeness (QED) is 0.0571. The largest absolute Gasteiger partial charge is 0.490 e. The van der Waals surface area contributed by atoms with Crippen molar-refractivity contribution in [1.82, 2.24) is 0 Å². The first-order valence-corrected chi connectivity index (χ1v) is 19.5. The zero-order chi connectivity index (χ0) is 31.4. The summed E-state index contributed by atoms with van der Waals surface area (Å²) in [6, 6.07) is 8.21. The van der Waals surface area contributed by atoms with Crippen LogP contribution in [0.5, 0.6) is 11.5 Å². The van der Waals surface area contributed by atoms with Crippen molar-refractivity contribution in [2.24, 2.45) is 0 Å². The highest BCUT2D eigenvalue weighted by Gasteiger charge is 2.04. The van der Waals surface area contributed by atoms with Gasteiger partial charge in [-0.1, -0.05) is 166 Å². The summed E-state index contributed by atoms with van der Waals surface area (Å²) in [5.41, 5.74) is 0. The summed E-state index contributed by atoms with van der Waals surface area (Å²) in [4.78, 5) is 0. The van der Waals surface area contributed by atoms with Gasteiger partial charge in [0.05, 0.1) is 13.2 Å².